The minimum absolute atomic E-state index is 0.124. The van der Waals surface area contributed by atoms with Crippen molar-refractivity contribution < 1.29 is 8.78 Å². The smallest absolute Gasteiger partial charge is 0.280 e. The summed E-state index contributed by atoms with van der Waals surface area (Å²) >= 11 is 0. The van der Waals surface area contributed by atoms with Crippen molar-refractivity contribution in [1.29, 1.82) is 0 Å². The maximum Gasteiger partial charge on any atom is 0.280 e. The van der Waals surface area contributed by atoms with Crippen LogP contribution in [0, 0.1) is 5.92 Å². The van der Waals surface area contributed by atoms with Crippen LogP contribution < -0.4 is 5.73 Å². The van der Waals surface area contributed by atoms with E-state index in [9.17, 15) is 8.78 Å². The van der Waals surface area contributed by atoms with Crippen LogP contribution in [0.5, 0.6) is 0 Å². The molecule has 0 aromatic carbocycles. The van der Waals surface area contributed by atoms with Crippen molar-refractivity contribution in [3.05, 3.63) is 29.6 Å². The van der Waals surface area contributed by atoms with E-state index < -0.39 is 6.43 Å². The second kappa shape index (κ2) is 4.45. The van der Waals surface area contributed by atoms with Crippen molar-refractivity contribution >= 4 is 0 Å². The van der Waals surface area contributed by atoms with Crippen LogP contribution in [0.3, 0.4) is 0 Å². The maximum absolute atomic E-state index is 12.3. The summed E-state index contributed by atoms with van der Waals surface area (Å²) in [6.07, 6.45) is 1.40. The highest BCUT2D eigenvalue weighted by Crippen LogP contribution is 2.37. The van der Waals surface area contributed by atoms with Crippen molar-refractivity contribution in [1.82, 2.24) is 4.98 Å². The van der Waals surface area contributed by atoms with E-state index >= 15 is 0 Å². The van der Waals surface area contributed by atoms with Crippen molar-refractivity contribution in [2.45, 2.75) is 38.2 Å². The second-order valence-corrected chi connectivity index (χ2v) is 4.52. The molecule has 2 unspecified atom stereocenters. The van der Waals surface area contributed by atoms with Gasteiger partial charge in [0.2, 0.25) is 0 Å². The molecular formula is C12H16F2N2. The minimum atomic E-state index is -2.50. The van der Waals surface area contributed by atoms with Gasteiger partial charge in [-0.25, -0.2) is 8.78 Å². The van der Waals surface area contributed by atoms with Gasteiger partial charge in [-0.1, -0.05) is 13.0 Å². The molecule has 16 heavy (non-hydrogen) atoms. The van der Waals surface area contributed by atoms with Gasteiger partial charge in [-0.05, 0) is 36.3 Å². The van der Waals surface area contributed by atoms with Crippen LogP contribution in [0.4, 0.5) is 8.78 Å². The molecule has 0 spiro atoms. The average Bonchev–Trinajstić information content (AvgIpc) is 3.11. The van der Waals surface area contributed by atoms with E-state index in [1.807, 2.05) is 6.92 Å². The number of rotatable bonds is 4. The summed E-state index contributed by atoms with van der Waals surface area (Å²) < 4.78 is 24.6. The summed E-state index contributed by atoms with van der Waals surface area (Å²) in [7, 11) is 0. The Morgan fingerprint density at radius 1 is 1.38 bits per heavy atom. The molecule has 0 saturated heterocycles. The van der Waals surface area contributed by atoms with Crippen molar-refractivity contribution in [3.8, 4) is 0 Å². The van der Waals surface area contributed by atoms with E-state index in [0.717, 1.165) is 5.56 Å². The topological polar surface area (TPSA) is 38.9 Å². The van der Waals surface area contributed by atoms with E-state index in [4.69, 9.17) is 5.73 Å². The first-order chi connectivity index (χ1) is 7.59. The molecule has 4 heteroatoms. The Morgan fingerprint density at radius 2 is 2.06 bits per heavy atom. The van der Waals surface area contributed by atoms with Gasteiger partial charge in [-0.3, -0.25) is 4.98 Å². The van der Waals surface area contributed by atoms with Crippen LogP contribution in [0.1, 0.15) is 43.4 Å². The molecule has 1 fully saturated rings. The molecule has 1 aromatic heterocycles. The van der Waals surface area contributed by atoms with Gasteiger partial charge in [0.05, 0.1) is 0 Å². The zero-order chi connectivity index (χ0) is 11.7. The van der Waals surface area contributed by atoms with Gasteiger partial charge in [0.15, 0.2) is 0 Å². The second-order valence-electron chi connectivity index (χ2n) is 4.52. The van der Waals surface area contributed by atoms with E-state index in [1.54, 1.807) is 6.07 Å². The number of hydrogen-bond donors (Lipinski definition) is 1. The molecule has 1 heterocycles. The number of alkyl halides is 2. The first-order valence-electron chi connectivity index (χ1n) is 5.59. The maximum atomic E-state index is 12.3. The van der Waals surface area contributed by atoms with Crippen LogP contribution in [0.2, 0.25) is 0 Å². The number of hydrogen-bond acceptors (Lipinski definition) is 2. The van der Waals surface area contributed by atoms with E-state index in [-0.39, 0.29) is 17.7 Å². The largest absolute Gasteiger partial charge is 0.327 e. The molecule has 1 saturated carbocycles. The number of nitrogens with zero attached hydrogens (tertiary/aromatic N) is 1. The van der Waals surface area contributed by atoms with Gasteiger partial charge >= 0.3 is 0 Å². The van der Waals surface area contributed by atoms with Crippen LogP contribution in [-0.2, 0) is 0 Å². The molecule has 2 rings (SSSR count). The number of halogens is 2. The highest BCUT2D eigenvalue weighted by Gasteiger charge is 2.32. The van der Waals surface area contributed by atoms with E-state index in [1.165, 1.54) is 25.1 Å². The summed E-state index contributed by atoms with van der Waals surface area (Å²) in [6, 6.07) is 3.22. The Bertz CT molecular complexity index is 347. The van der Waals surface area contributed by atoms with Gasteiger partial charge in [0, 0.05) is 12.2 Å². The highest BCUT2D eigenvalue weighted by atomic mass is 19.3. The molecule has 2 atom stereocenters. The van der Waals surface area contributed by atoms with Gasteiger partial charge in [0.25, 0.3) is 6.43 Å². The summed E-state index contributed by atoms with van der Waals surface area (Å²) in [6.45, 7) is 2.03. The Hall–Kier alpha value is -1.03. The fourth-order valence-corrected chi connectivity index (χ4v) is 1.93. The number of pyridine rings is 1. The molecule has 0 radical (unpaired) electrons. The monoisotopic (exact) mass is 226 g/mol. The number of aromatic nitrogens is 1. The van der Waals surface area contributed by atoms with Crippen LogP contribution >= 0.6 is 0 Å². The average molecular weight is 226 g/mol. The van der Waals surface area contributed by atoms with E-state index in [0.29, 0.717) is 5.92 Å². The third-order valence-corrected chi connectivity index (χ3v) is 3.30. The van der Waals surface area contributed by atoms with Crippen LogP contribution in [-0.4, -0.2) is 11.0 Å². The fraction of sp³-hybridized carbons (Fsp3) is 0.583. The lowest BCUT2D eigenvalue weighted by Crippen LogP contribution is -2.28. The summed E-state index contributed by atoms with van der Waals surface area (Å²) in [5.74, 6) is 0.788. The zero-order valence-corrected chi connectivity index (χ0v) is 9.24. The lowest BCUT2D eigenvalue weighted by Gasteiger charge is -2.19. The van der Waals surface area contributed by atoms with Crippen molar-refractivity contribution in [2.75, 3.05) is 0 Å². The summed E-state index contributed by atoms with van der Waals surface area (Å²) in [4.78, 5) is 3.76. The third-order valence-electron chi connectivity index (χ3n) is 3.30. The SMILES string of the molecule is CC(c1ccc(C(F)F)nc1)C(N)C1CC1. The van der Waals surface area contributed by atoms with Crippen molar-refractivity contribution in [3.63, 3.8) is 0 Å². The van der Waals surface area contributed by atoms with Gasteiger partial charge < -0.3 is 5.73 Å². The van der Waals surface area contributed by atoms with Gasteiger partial charge in [-0.15, -0.1) is 0 Å². The lowest BCUT2D eigenvalue weighted by molar-refractivity contribution is 0.146. The summed E-state index contributed by atoms with van der Waals surface area (Å²) in [5, 5.41) is 0. The zero-order valence-electron chi connectivity index (χ0n) is 9.24. The quantitative estimate of drug-likeness (QED) is 0.857. The first-order valence-corrected chi connectivity index (χ1v) is 5.59. The minimum Gasteiger partial charge on any atom is -0.327 e. The van der Waals surface area contributed by atoms with Gasteiger partial charge in [0.1, 0.15) is 5.69 Å². The Kier molecular flexibility index (Phi) is 3.19. The molecule has 0 amide bonds. The van der Waals surface area contributed by atoms with Crippen LogP contribution in [0.25, 0.3) is 0 Å². The Labute approximate surface area is 93.9 Å². The fourth-order valence-electron chi connectivity index (χ4n) is 1.93. The van der Waals surface area contributed by atoms with E-state index in [2.05, 4.69) is 4.98 Å². The van der Waals surface area contributed by atoms with Crippen molar-refractivity contribution in [2.24, 2.45) is 11.7 Å². The molecule has 0 aliphatic heterocycles. The lowest BCUT2D eigenvalue weighted by atomic mass is 9.92. The molecule has 1 aliphatic carbocycles. The standard InChI is InChI=1S/C12H16F2N2/c1-7(11(15)8-2-3-8)9-4-5-10(12(13)14)16-6-9/h4-8,11-12H,2-3,15H2,1H3. The Morgan fingerprint density at radius 3 is 2.50 bits per heavy atom. The van der Waals surface area contributed by atoms with Crippen LogP contribution in [0.15, 0.2) is 18.3 Å². The molecule has 2 N–H and O–H groups in total. The molecule has 0 bridgehead atoms. The highest BCUT2D eigenvalue weighted by molar-refractivity contribution is 5.20. The molecule has 1 aromatic rings. The summed E-state index contributed by atoms with van der Waals surface area (Å²) in [5.41, 5.74) is 6.85. The predicted molar refractivity (Wildman–Crippen MR) is 58.3 cm³/mol. The molecule has 2 nitrogen and oxygen atoms in total. The predicted octanol–water partition coefficient (Wildman–Crippen LogP) is 2.86. The molecule has 1 aliphatic rings. The third kappa shape index (κ3) is 2.38. The molecular weight excluding hydrogens is 210 g/mol. The first kappa shape index (κ1) is 11.5. The Balaban J connectivity index is 2.08. The van der Waals surface area contributed by atoms with Gasteiger partial charge in [-0.2, -0.15) is 0 Å². The number of nitrogens with two attached hydrogens (primary N) is 1. The normalized spacial score (nSPS) is 19.8. The molecule has 88 valence electrons.